The molecular formula is C14H13BrN2O2. The molecule has 1 N–H and O–H groups in total. The van der Waals surface area contributed by atoms with Crippen LogP contribution in [0.4, 0.5) is 5.69 Å². The monoisotopic (exact) mass is 320 g/mol. The van der Waals surface area contributed by atoms with Gasteiger partial charge in [-0.25, -0.2) is 4.79 Å². The normalized spacial score (nSPS) is 10.0. The first kappa shape index (κ1) is 13.5. The van der Waals surface area contributed by atoms with Crippen molar-refractivity contribution in [3.8, 4) is 0 Å². The number of halogens is 1. The molecule has 2 rings (SSSR count). The Hall–Kier alpha value is -1.88. The Bertz CT molecular complexity index is 587. The number of hydrogen-bond acceptors (Lipinski definition) is 4. The molecule has 0 bridgehead atoms. The Balaban J connectivity index is 2.16. The molecule has 0 aliphatic rings. The molecule has 0 saturated carbocycles. The maximum absolute atomic E-state index is 11.6. The van der Waals surface area contributed by atoms with Crippen molar-refractivity contribution in [1.82, 2.24) is 4.98 Å². The van der Waals surface area contributed by atoms with E-state index in [1.54, 1.807) is 18.3 Å². The zero-order chi connectivity index (χ0) is 13.7. The average molecular weight is 321 g/mol. The van der Waals surface area contributed by atoms with Gasteiger partial charge in [-0.1, -0.05) is 12.1 Å². The molecule has 1 aromatic carbocycles. The number of anilines is 1. The number of methoxy groups -OCH3 is 1. The third kappa shape index (κ3) is 3.32. The summed E-state index contributed by atoms with van der Waals surface area (Å²) < 4.78 is 5.70. The molecule has 19 heavy (non-hydrogen) atoms. The number of ether oxygens (including phenoxy) is 1. The van der Waals surface area contributed by atoms with Crippen LogP contribution in [0.2, 0.25) is 0 Å². The van der Waals surface area contributed by atoms with Gasteiger partial charge in [0.2, 0.25) is 0 Å². The van der Waals surface area contributed by atoms with Crippen molar-refractivity contribution in [2.24, 2.45) is 0 Å². The Morgan fingerprint density at radius 3 is 2.84 bits per heavy atom. The van der Waals surface area contributed by atoms with E-state index in [0.29, 0.717) is 17.8 Å². The van der Waals surface area contributed by atoms with Gasteiger partial charge in [0.05, 0.1) is 24.9 Å². The van der Waals surface area contributed by atoms with Crippen LogP contribution in [-0.2, 0) is 11.3 Å². The number of carbonyl (C=O) groups excluding carboxylic acids is 1. The molecule has 2 aromatic rings. The van der Waals surface area contributed by atoms with E-state index < -0.39 is 0 Å². The van der Waals surface area contributed by atoms with E-state index in [1.165, 1.54) is 7.11 Å². The number of esters is 1. The molecule has 1 heterocycles. The Labute approximate surface area is 119 Å². The molecule has 98 valence electrons. The summed E-state index contributed by atoms with van der Waals surface area (Å²) in [6.07, 6.45) is 1.66. The van der Waals surface area contributed by atoms with Gasteiger partial charge in [0.15, 0.2) is 0 Å². The van der Waals surface area contributed by atoms with Gasteiger partial charge in [0, 0.05) is 16.4 Å². The summed E-state index contributed by atoms with van der Waals surface area (Å²) in [5.41, 5.74) is 2.08. The fourth-order valence-corrected chi connectivity index (χ4v) is 2.08. The molecule has 1 aromatic heterocycles. The lowest BCUT2D eigenvalue weighted by Gasteiger charge is -2.10. The van der Waals surface area contributed by atoms with Crippen LogP contribution in [0.1, 0.15) is 16.1 Å². The number of carbonyl (C=O) groups is 1. The standard InChI is InChI=1S/C14H13BrN2O2/c1-19-14(18)10-5-4-8-16-13(10)9-17-12-7-3-2-6-11(12)15/h2-8,17H,9H2,1H3. The van der Waals surface area contributed by atoms with Gasteiger partial charge in [0.1, 0.15) is 0 Å². The molecule has 0 saturated heterocycles. The van der Waals surface area contributed by atoms with E-state index >= 15 is 0 Å². The van der Waals surface area contributed by atoms with Crippen molar-refractivity contribution < 1.29 is 9.53 Å². The van der Waals surface area contributed by atoms with Crippen molar-refractivity contribution in [3.05, 3.63) is 58.3 Å². The van der Waals surface area contributed by atoms with Gasteiger partial charge in [-0.3, -0.25) is 4.98 Å². The molecule has 0 aliphatic carbocycles. The molecule has 5 heteroatoms. The molecule has 0 radical (unpaired) electrons. The first-order chi connectivity index (χ1) is 9.22. The van der Waals surface area contributed by atoms with Crippen LogP contribution >= 0.6 is 15.9 Å². The number of pyridine rings is 1. The van der Waals surface area contributed by atoms with Gasteiger partial charge in [-0.05, 0) is 40.2 Å². The van der Waals surface area contributed by atoms with Crippen LogP contribution in [-0.4, -0.2) is 18.1 Å². The maximum Gasteiger partial charge on any atom is 0.339 e. The van der Waals surface area contributed by atoms with Gasteiger partial charge >= 0.3 is 5.97 Å². The molecule has 0 fully saturated rings. The molecule has 4 nitrogen and oxygen atoms in total. The predicted octanol–water partition coefficient (Wildman–Crippen LogP) is 3.24. The van der Waals surface area contributed by atoms with Crippen LogP contribution in [0.25, 0.3) is 0 Å². The van der Waals surface area contributed by atoms with E-state index in [4.69, 9.17) is 4.74 Å². The third-order valence-electron chi connectivity index (χ3n) is 2.62. The van der Waals surface area contributed by atoms with Gasteiger partial charge in [-0.15, -0.1) is 0 Å². The van der Waals surface area contributed by atoms with E-state index in [-0.39, 0.29) is 5.97 Å². The minimum atomic E-state index is -0.378. The number of nitrogens with one attached hydrogen (secondary N) is 1. The first-order valence-corrected chi connectivity index (χ1v) is 6.52. The number of para-hydroxylation sites is 1. The van der Waals surface area contributed by atoms with E-state index in [1.807, 2.05) is 24.3 Å². The molecule has 0 unspecified atom stereocenters. The van der Waals surface area contributed by atoms with E-state index in [2.05, 4.69) is 26.2 Å². The fraction of sp³-hybridized carbons (Fsp3) is 0.143. The summed E-state index contributed by atoms with van der Waals surface area (Å²) >= 11 is 3.46. The Kier molecular flexibility index (Phi) is 4.52. The number of aromatic nitrogens is 1. The second-order valence-electron chi connectivity index (χ2n) is 3.82. The van der Waals surface area contributed by atoms with E-state index in [0.717, 1.165) is 10.2 Å². The van der Waals surface area contributed by atoms with Crippen LogP contribution < -0.4 is 5.32 Å². The van der Waals surface area contributed by atoms with Crippen molar-refractivity contribution in [3.63, 3.8) is 0 Å². The quantitative estimate of drug-likeness (QED) is 0.879. The summed E-state index contributed by atoms with van der Waals surface area (Å²) in [7, 11) is 1.36. The van der Waals surface area contributed by atoms with E-state index in [9.17, 15) is 4.79 Å². The molecule has 0 amide bonds. The van der Waals surface area contributed by atoms with Crippen LogP contribution in [0.3, 0.4) is 0 Å². The zero-order valence-electron chi connectivity index (χ0n) is 10.4. The second-order valence-corrected chi connectivity index (χ2v) is 4.68. The molecule has 0 atom stereocenters. The van der Waals surface area contributed by atoms with Crippen LogP contribution in [0, 0.1) is 0 Å². The highest BCUT2D eigenvalue weighted by molar-refractivity contribution is 9.10. The van der Waals surface area contributed by atoms with Crippen LogP contribution in [0.5, 0.6) is 0 Å². The largest absolute Gasteiger partial charge is 0.465 e. The van der Waals surface area contributed by atoms with Crippen molar-refractivity contribution in [2.45, 2.75) is 6.54 Å². The fourth-order valence-electron chi connectivity index (χ4n) is 1.66. The Morgan fingerprint density at radius 2 is 2.11 bits per heavy atom. The number of nitrogens with zero attached hydrogens (tertiary/aromatic N) is 1. The topological polar surface area (TPSA) is 51.2 Å². The van der Waals surface area contributed by atoms with Gasteiger partial charge in [0.25, 0.3) is 0 Å². The highest BCUT2D eigenvalue weighted by Crippen LogP contribution is 2.22. The maximum atomic E-state index is 11.6. The summed E-state index contributed by atoms with van der Waals surface area (Å²) in [5.74, 6) is -0.378. The van der Waals surface area contributed by atoms with Crippen molar-refractivity contribution in [1.29, 1.82) is 0 Å². The first-order valence-electron chi connectivity index (χ1n) is 5.73. The highest BCUT2D eigenvalue weighted by Gasteiger charge is 2.12. The Morgan fingerprint density at radius 1 is 1.32 bits per heavy atom. The van der Waals surface area contributed by atoms with Crippen molar-refractivity contribution in [2.75, 3.05) is 12.4 Å². The number of rotatable bonds is 4. The minimum absolute atomic E-state index is 0.378. The lowest BCUT2D eigenvalue weighted by molar-refractivity contribution is 0.0599. The second kappa shape index (κ2) is 6.33. The smallest absolute Gasteiger partial charge is 0.339 e. The van der Waals surface area contributed by atoms with Gasteiger partial charge < -0.3 is 10.1 Å². The average Bonchev–Trinajstić information content (AvgIpc) is 2.46. The summed E-state index contributed by atoms with van der Waals surface area (Å²) in [6, 6.07) is 11.2. The molecular weight excluding hydrogens is 308 g/mol. The highest BCUT2D eigenvalue weighted by atomic mass is 79.9. The lowest BCUT2D eigenvalue weighted by atomic mass is 10.2. The molecule has 0 spiro atoms. The summed E-state index contributed by atoms with van der Waals surface area (Å²) in [4.78, 5) is 15.8. The van der Waals surface area contributed by atoms with Crippen LogP contribution in [0.15, 0.2) is 47.1 Å². The summed E-state index contributed by atoms with van der Waals surface area (Å²) in [5, 5.41) is 3.23. The third-order valence-corrected chi connectivity index (χ3v) is 3.31. The number of benzene rings is 1. The molecule has 0 aliphatic heterocycles. The summed E-state index contributed by atoms with van der Waals surface area (Å²) in [6.45, 7) is 0.452. The SMILES string of the molecule is COC(=O)c1cccnc1CNc1ccccc1Br. The minimum Gasteiger partial charge on any atom is -0.465 e. The van der Waals surface area contributed by atoms with Crippen molar-refractivity contribution >= 4 is 27.6 Å². The number of hydrogen-bond donors (Lipinski definition) is 1. The zero-order valence-corrected chi connectivity index (χ0v) is 12.0. The predicted molar refractivity (Wildman–Crippen MR) is 77.0 cm³/mol. The lowest BCUT2D eigenvalue weighted by Crippen LogP contribution is -2.11. The van der Waals surface area contributed by atoms with Gasteiger partial charge in [-0.2, -0.15) is 0 Å².